The molecule has 3 heterocycles. The van der Waals surface area contributed by atoms with Crippen LogP contribution in [0.25, 0.3) is 6.08 Å². The molecular formula is C18H17ClN6O. The van der Waals surface area contributed by atoms with E-state index in [-0.39, 0.29) is 11.9 Å². The predicted octanol–water partition coefficient (Wildman–Crippen LogP) is 2.64. The number of carbonyl (C=O) groups excluding carboxylic acids is 1. The first-order valence-electron chi connectivity index (χ1n) is 8.23. The monoisotopic (exact) mass is 368 g/mol. The molecule has 0 saturated carbocycles. The second-order valence-corrected chi connectivity index (χ2v) is 6.53. The number of benzene rings is 1. The third-order valence-electron chi connectivity index (χ3n) is 4.61. The summed E-state index contributed by atoms with van der Waals surface area (Å²) in [5.74, 6) is 0.0219. The molecule has 1 aliphatic heterocycles. The van der Waals surface area contributed by atoms with E-state index in [9.17, 15) is 4.79 Å². The maximum absolute atomic E-state index is 12.9. The number of carbonyl (C=O) groups is 1. The van der Waals surface area contributed by atoms with Gasteiger partial charge >= 0.3 is 0 Å². The SMILES string of the molecule is Cn1ncc(Cl)c1C[C@@H]1c2ccccc2C(=O)N1C/C=C/c1cn[nH]n1. The number of rotatable bonds is 5. The molecule has 1 aliphatic rings. The highest BCUT2D eigenvalue weighted by Gasteiger charge is 2.36. The van der Waals surface area contributed by atoms with Crippen LogP contribution in [-0.2, 0) is 13.5 Å². The Bertz CT molecular complexity index is 942. The summed E-state index contributed by atoms with van der Waals surface area (Å²) in [4.78, 5) is 14.8. The van der Waals surface area contributed by atoms with Crippen molar-refractivity contribution in [2.24, 2.45) is 7.05 Å². The Labute approximate surface area is 155 Å². The van der Waals surface area contributed by atoms with Crippen molar-refractivity contribution in [3.63, 3.8) is 0 Å². The number of amides is 1. The minimum Gasteiger partial charge on any atom is -0.327 e. The average Bonchev–Trinajstić information content (AvgIpc) is 3.33. The zero-order chi connectivity index (χ0) is 18.1. The lowest BCUT2D eigenvalue weighted by molar-refractivity contribution is 0.0746. The van der Waals surface area contributed by atoms with Crippen molar-refractivity contribution in [1.82, 2.24) is 30.1 Å². The number of hydrogen-bond donors (Lipinski definition) is 1. The van der Waals surface area contributed by atoms with Gasteiger partial charge in [-0.2, -0.15) is 20.5 Å². The Hall–Kier alpha value is -2.93. The molecule has 3 aromatic rings. The third-order valence-corrected chi connectivity index (χ3v) is 4.92. The van der Waals surface area contributed by atoms with Crippen molar-refractivity contribution in [1.29, 1.82) is 0 Å². The number of H-pyrrole nitrogens is 1. The van der Waals surface area contributed by atoms with Crippen molar-refractivity contribution in [3.8, 4) is 0 Å². The summed E-state index contributed by atoms with van der Waals surface area (Å²) in [6.45, 7) is 0.473. The maximum Gasteiger partial charge on any atom is 0.255 e. The standard InChI is InChI=1S/C18H17ClN6O/c1-24-17(15(19)11-21-24)9-16-13-6-2-3-7-14(13)18(26)25(16)8-4-5-12-10-20-23-22-12/h2-7,10-11,16H,8-9H2,1H3,(H,20,22,23)/b5-4+/t16-/m1/s1. The summed E-state index contributed by atoms with van der Waals surface area (Å²) in [5, 5.41) is 15.1. The Morgan fingerprint density at radius 1 is 1.31 bits per heavy atom. The van der Waals surface area contributed by atoms with E-state index in [1.807, 2.05) is 48.4 Å². The summed E-state index contributed by atoms with van der Waals surface area (Å²) < 4.78 is 1.76. The second-order valence-electron chi connectivity index (χ2n) is 6.12. The first-order chi connectivity index (χ1) is 12.6. The van der Waals surface area contributed by atoms with Gasteiger partial charge in [0, 0.05) is 25.6 Å². The Kier molecular flexibility index (Phi) is 4.30. The van der Waals surface area contributed by atoms with E-state index in [0.717, 1.165) is 22.5 Å². The molecule has 0 bridgehead atoms. The predicted molar refractivity (Wildman–Crippen MR) is 97.6 cm³/mol. The quantitative estimate of drug-likeness (QED) is 0.750. The van der Waals surface area contributed by atoms with Crippen LogP contribution in [0.1, 0.15) is 33.4 Å². The van der Waals surface area contributed by atoms with Crippen molar-refractivity contribution in [2.45, 2.75) is 12.5 Å². The topological polar surface area (TPSA) is 79.7 Å². The highest BCUT2D eigenvalue weighted by atomic mass is 35.5. The van der Waals surface area contributed by atoms with Crippen LogP contribution in [0.4, 0.5) is 0 Å². The van der Waals surface area contributed by atoms with E-state index in [4.69, 9.17) is 11.6 Å². The van der Waals surface area contributed by atoms with Gasteiger partial charge in [0.1, 0.15) is 5.69 Å². The molecule has 1 N–H and O–H groups in total. The molecule has 0 spiro atoms. The molecule has 1 atom stereocenters. The summed E-state index contributed by atoms with van der Waals surface area (Å²) in [6, 6.07) is 7.63. The first kappa shape index (κ1) is 16.5. The van der Waals surface area contributed by atoms with Gasteiger partial charge in [-0.15, -0.1) is 0 Å². The fourth-order valence-electron chi connectivity index (χ4n) is 3.30. The summed E-state index contributed by atoms with van der Waals surface area (Å²) >= 11 is 6.29. The van der Waals surface area contributed by atoms with Crippen LogP contribution < -0.4 is 0 Å². The molecule has 0 unspecified atom stereocenters. The van der Waals surface area contributed by atoms with Crippen LogP contribution in [0.15, 0.2) is 42.7 Å². The molecule has 4 rings (SSSR count). The van der Waals surface area contributed by atoms with Crippen LogP contribution in [0.5, 0.6) is 0 Å². The number of halogens is 1. The van der Waals surface area contributed by atoms with E-state index >= 15 is 0 Å². The zero-order valence-corrected chi connectivity index (χ0v) is 14.9. The van der Waals surface area contributed by atoms with Crippen LogP contribution in [0.2, 0.25) is 5.02 Å². The molecule has 0 radical (unpaired) electrons. The minimum absolute atomic E-state index is 0.0219. The third kappa shape index (κ3) is 2.90. The second kappa shape index (κ2) is 6.76. The van der Waals surface area contributed by atoms with Crippen molar-refractivity contribution in [2.75, 3.05) is 6.54 Å². The van der Waals surface area contributed by atoms with Crippen molar-refractivity contribution >= 4 is 23.6 Å². The molecule has 132 valence electrons. The molecule has 0 saturated heterocycles. The number of aromatic nitrogens is 5. The number of nitrogens with zero attached hydrogens (tertiary/aromatic N) is 5. The molecule has 0 aliphatic carbocycles. The van der Waals surface area contributed by atoms with Gasteiger partial charge in [0.15, 0.2) is 0 Å². The van der Waals surface area contributed by atoms with Crippen LogP contribution in [0.3, 0.4) is 0 Å². The average molecular weight is 369 g/mol. The van der Waals surface area contributed by atoms with Crippen LogP contribution >= 0.6 is 11.6 Å². The van der Waals surface area contributed by atoms with Gasteiger partial charge < -0.3 is 4.90 Å². The maximum atomic E-state index is 12.9. The lowest BCUT2D eigenvalue weighted by Gasteiger charge is -2.24. The minimum atomic E-state index is -0.0893. The first-order valence-corrected chi connectivity index (χ1v) is 8.61. The Morgan fingerprint density at radius 3 is 2.88 bits per heavy atom. The number of nitrogens with one attached hydrogen (secondary N) is 1. The number of aryl methyl sites for hydroxylation is 1. The summed E-state index contributed by atoms with van der Waals surface area (Å²) in [7, 11) is 1.86. The fraction of sp³-hybridized carbons (Fsp3) is 0.222. The van der Waals surface area contributed by atoms with Gasteiger partial charge in [-0.1, -0.05) is 35.9 Å². The molecule has 0 fully saturated rings. The van der Waals surface area contributed by atoms with Gasteiger partial charge in [0.05, 0.1) is 29.2 Å². The highest BCUT2D eigenvalue weighted by Crippen LogP contribution is 2.36. The number of fused-ring (bicyclic) bond motifs is 1. The van der Waals surface area contributed by atoms with E-state index < -0.39 is 0 Å². The lowest BCUT2D eigenvalue weighted by atomic mass is 10.0. The molecule has 7 nitrogen and oxygen atoms in total. The van der Waals surface area contributed by atoms with Gasteiger partial charge in [0.2, 0.25) is 0 Å². The summed E-state index contributed by atoms with van der Waals surface area (Å²) in [5.41, 5.74) is 3.39. The van der Waals surface area contributed by atoms with Crippen molar-refractivity contribution in [3.05, 3.63) is 70.3 Å². The molecule has 8 heteroatoms. The van der Waals surface area contributed by atoms with Crippen molar-refractivity contribution < 1.29 is 4.79 Å². The van der Waals surface area contributed by atoms with Crippen LogP contribution in [-0.4, -0.2) is 42.5 Å². The van der Waals surface area contributed by atoms with Gasteiger partial charge in [-0.25, -0.2) is 0 Å². The molecule has 26 heavy (non-hydrogen) atoms. The smallest absolute Gasteiger partial charge is 0.255 e. The molecular weight excluding hydrogens is 352 g/mol. The van der Waals surface area contributed by atoms with E-state index in [0.29, 0.717) is 18.0 Å². The van der Waals surface area contributed by atoms with Crippen LogP contribution in [0, 0.1) is 0 Å². The number of hydrogen-bond acceptors (Lipinski definition) is 4. The highest BCUT2D eigenvalue weighted by molar-refractivity contribution is 6.31. The Morgan fingerprint density at radius 2 is 2.15 bits per heavy atom. The number of aromatic amines is 1. The van der Waals surface area contributed by atoms with Gasteiger partial charge in [0.25, 0.3) is 5.91 Å². The van der Waals surface area contributed by atoms with E-state index in [1.54, 1.807) is 17.1 Å². The van der Waals surface area contributed by atoms with E-state index in [2.05, 4.69) is 20.5 Å². The molecule has 2 aromatic heterocycles. The Balaban J connectivity index is 1.63. The zero-order valence-electron chi connectivity index (χ0n) is 14.1. The fourth-order valence-corrected chi connectivity index (χ4v) is 3.55. The van der Waals surface area contributed by atoms with Gasteiger partial charge in [-0.05, 0) is 17.7 Å². The molecule has 1 amide bonds. The summed E-state index contributed by atoms with van der Waals surface area (Å²) in [6.07, 6.45) is 7.63. The normalized spacial score (nSPS) is 16.6. The van der Waals surface area contributed by atoms with E-state index in [1.165, 1.54) is 0 Å². The molecule has 1 aromatic carbocycles. The lowest BCUT2D eigenvalue weighted by Crippen LogP contribution is -2.30. The van der Waals surface area contributed by atoms with Gasteiger partial charge in [-0.3, -0.25) is 9.48 Å². The largest absolute Gasteiger partial charge is 0.327 e.